The topological polar surface area (TPSA) is 110 Å². The third-order valence-electron chi connectivity index (χ3n) is 5.08. The van der Waals surface area contributed by atoms with Gasteiger partial charge >= 0.3 is 0 Å². The highest BCUT2D eigenvalue weighted by Crippen LogP contribution is 2.20. The normalized spacial score (nSPS) is 21.5. The van der Waals surface area contributed by atoms with E-state index in [1.807, 2.05) is 34.3 Å². The third-order valence-corrected chi connectivity index (χ3v) is 5.08. The fourth-order valence-corrected chi connectivity index (χ4v) is 3.45. The molecule has 2 aliphatic heterocycles. The molecular weight excluding hydrogens is 392 g/mol. The van der Waals surface area contributed by atoms with Gasteiger partial charge in [0.1, 0.15) is 23.5 Å². The molecule has 0 N–H and O–H groups in total. The summed E-state index contributed by atoms with van der Waals surface area (Å²) in [7, 11) is 0. The lowest BCUT2D eigenvalue weighted by molar-refractivity contribution is 0.134. The van der Waals surface area contributed by atoms with Crippen molar-refractivity contribution in [2.45, 2.75) is 0 Å². The highest BCUT2D eigenvalue weighted by Gasteiger charge is 2.25. The third kappa shape index (κ3) is 5.20. The van der Waals surface area contributed by atoms with Crippen LogP contribution in [0.5, 0.6) is 0 Å². The molecule has 2 atom stereocenters. The first-order valence-corrected chi connectivity index (χ1v) is 10.0. The molecular formula is C21H22N10. The highest BCUT2D eigenvalue weighted by atomic mass is 15.6. The van der Waals surface area contributed by atoms with Crippen molar-refractivity contribution in [3.63, 3.8) is 0 Å². The van der Waals surface area contributed by atoms with Gasteiger partial charge in [-0.1, -0.05) is 34.7 Å². The molecule has 2 aliphatic rings. The van der Waals surface area contributed by atoms with Crippen LogP contribution >= 0.6 is 0 Å². The van der Waals surface area contributed by atoms with E-state index in [0.717, 1.165) is 32.8 Å². The Morgan fingerprint density at radius 2 is 1.06 bits per heavy atom. The monoisotopic (exact) mass is 414 g/mol. The van der Waals surface area contributed by atoms with E-state index < -0.39 is 0 Å². The summed E-state index contributed by atoms with van der Waals surface area (Å²) in [5.41, 5.74) is 2.18. The second-order valence-corrected chi connectivity index (χ2v) is 7.31. The number of fused-ring (bicyclic) bond motifs is 2. The molecule has 0 amide bonds. The van der Waals surface area contributed by atoms with Gasteiger partial charge in [-0.3, -0.25) is 19.8 Å². The molecule has 2 fully saturated rings. The maximum absolute atomic E-state index is 9.21. The quantitative estimate of drug-likeness (QED) is 0.710. The second-order valence-electron chi connectivity index (χ2n) is 7.31. The maximum Gasteiger partial charge on any atom is 0.105 e. The van der Waals surface area contributed by atoms with Crippen LogP contribution in [0.25, 0.3) is 0 Å². The zero-order chi connectivity index (χ0) is 21.5. The van der Waals surface area contributed by atoms with Crippen LogP contribution in [0.3, 0.4) is 0 Å². The predicted molar refractivity (Wildman–Crippen MR) is 113 cm³/mol. The van der Waals surface area contributed by atoms with Crippen LogP contribution in [0.15, 0.2) is 69.2 Å². The van der Waals surface area contributed by atoms with Crippen molar-refractivity contribution in [1.29, 1.82) is 10.5 Å². The van der Waals surface area contributed by atoms with E-state index in [2.05, 4.69) is 42.6 Å². The molecule has 10 heteroatoms. The van der Waals surface area contributed by atoms with Crippen LogP contribution < -0.4 is 0 Å². The predicted octanol–water partition coefficient (Wildman–Crippen LogP) is 3.24. The Kier molecular flexibility index (Phi) is 6.43. The van der Waals surface area contributed by atoms with Crippen LogP contribution in [0.4, 0.5) is 11.4 Å². The van der Waals surface area contributed by atoms with E-state index in [1.54, 1.807) is 24.3 Å². The van der Waals surface area contributed by atoms with Gasteiger partial charge in [-0.2, -0.15) is 10.5 Å². The summed E-state index contributed by atoms with van der Waals surface area (Å²) >= 11 is 0. The molecule has 156 valence electrons. The molecule has 4 rings (SSSR count). The Morgan fingerprint density at radius 1 is 0.613 bits per heavy atom. The van der Waals surface area contributed by atoms with Crippen molar-refractivity contribution < 1.29 is 0 Å². The van der Waals surface area contributed by atoms with Crippen LogP contribution in [0.2, 0.25) is 0 Å². The zero-order valence-corrected chi connectivity index (χ0v) is 17.0. The van der Waals surface area contributed by atoms with E-state index in [1.165, 1.54) is 0 Å². The Balaban J connectivity index is 1.39. The van der Waals surface area contributed by atoms with Crippen molar-refractivity contribution >= 4 is 11.4 Å². The minimum Gasteiger partial charge on any atom is -0.270 e. The molecule has 2 aromatic carbocycles. The summed E-state index contributed by atoms with van der Waals surface area (Å²) in [5, 5.41) is 39.6. The fraction of sp³-hybridized carbons (Fsp3) is 0.333. The maximum atomic E-state index is 9.21. The summed E-state index contributed by atoms with van der Waals surface area (Å²) in [6.45, 7) is 5.15. The molecule has 0 aliphatic carbocycles. The number of nitrogens with zero attached hydrogens (tertiary/aromatic N) is 10. The molecule has 2 aromatic rings. The van der Waals surface area contributed by atoms with Crippen molar-refractivity contribution in [1.82, 2.24) is 19.8 Å². The van der Waals surface area contributed by atoms with E-state index in [0.29, 0.717) is 35.8 Å². The van der Waals surface area contributed by atoms with Crippen LogP contribution in [-0.2, 0) is 0 Å². The summed E-state index contributed by atoms with van der Waals surface area (Å²) in [5.74, 6) is 0. The van der Waals surface area contributed by atoms with Crippen molar-refractivity contribution in [3.05, 3.63) is 59.7 Å². The van der Waals surface area contributed by atoms with Gasteiger partial charge in [0, 0.05) is 13.1 Å². The molecule has 0 radical (unpaired) electrons. The van der Waals surface area contributed by atoms with Gasteiger partial charge in [-0.15, -0.1) is 10.2 Å². The van der Waals surface area contributed by atoms with Gasteiger partial charge < -0.3 is 0 Å². The van der Waals surface area contributed by atoms with Gasteiger partial charge in [0.15, 0.2) is 0 Å². The summed E-state index contributed by atoms with van der Waals surface area (Å²) < 4.78 is 0. The molecule has 0 spiro atoms. The van der Waals surface area contributed by atoms with Gasteiger partial charge in [-0.25, -0.2) is 0 Å². The van der Waals surface area contributed by atoms with Crippen LogP contribution in [0.1, 0.15) is 11.1 Å². The Bertz CT molecular complexity index is 967. The average molecular weight is 414 g/mol. The van der Waals surface area contributed by atoms with Crippen LogP contribution in [-0.4, -0.2) is 66.0 Å². The summed E-state index contributed by atoms with van der Waals surface area (Å²) in [6, 6.07) is 18.7. The number of rotatable bonds is 4. The number of benzene rings is 2. The minimum atomic E-state index is 0.514. The van der Waals surface area contributed by atoms with Crippen molar-refractivity contribution in [2.24, 2.45) is 20.7 Å². The molecule has 2 saturated heterocycles. The van der Waals surface area contributed by atoms with E-state index in [4.69, 9.17) is 0 Å². The molecule has 0 saturated carbocycles. The lowest BCUT2D eigenvalue weighted by atomic mass is 10.2. The van der Waals surface area contributed by atoms with Crippen molar-refractivity contribution in [2.75, 3.05) is 46.2 Å². The van der Waals surface area contributed by atoms with Gasteiger partial charge in [0.25, 0.3) is 0 Å². The summed E-state index contributed by atoms with van der Waals surface area (Å²) in [4.78, 5) is 4.56. The number of hydrogen-bond donors (Lipinski definition) is 0. The highest BCUT2D eigenvalue weighted by molar-refractivity contribution is 5.52. The van der Waals surface area contributed by atoms with Gasteiger partial charge in [0.05, 0.1) is 44.2 Å². The molecule has 10 nitrogen and oxygen atoms in total. The first-order chi connectivity index (χ1) is 15.2. The van der Waals surface area contributed by atoms with E-state index >= 15 is 0 Å². The average Bonchev–Trinajstić information content (AvgIpc) is 3.14. The SMILES string of the molecule is N#Cc1ccccc1N=NN1CCN2CN(CCN(N=Nc3ccccc3C#N)C2)C1. The smallest absolute Gasteiger partial charge is 0.105 e. The standard InChI is InChI=1S/C21H22N10/c22-13-18-5-1-3-7-20(18)24-26-30-11-9-29-15-28(16-30)10-12-31(17-29)27-25-21-8-4-2-6-19(21)14-23/h1-8H,9-12,15-17H2. The fourth-order valence-electron chi connectivity index (χ4n) is 3.45. The van der Waals surface area contributed by atoms with Crippen molar-refractivity contribution in [3.8, 4) is 12.1 Å². The van der Waals surface area contributed by atoms with E-state index in [9.17, 15) is 10.5 Å². The Morgan fingerprint density at radius 3 is 1.52 bits per heavy atom. The molecule has 31 heavy (non-hydrogen) atoms. The molecule has 2 unspecified atom stereocenters. The Hall–Kier alpha value is -3.86. The second kappa shape index (κ2) is 9.76. The minimum absolute atomic E-state index is 0.514. The lowest BCUT2D eigenvalue weighted by Crippen LogP contribution is -2.36. The zero-order valence-electron chi connectivity index (χ0n) is 17.0. The molecule has 2 heterocycles. The summed E-state index contributed by atoms with van der Waals surface area (Å²) in [6.07, 6.45) is 0. The Labute approximate surface area is 180 Å². The number of hydrogen-bond acceptors (Lipinski definition) is 8. The van der Waals surface area contributed by atoms with Gasteiger partial charge in [-0.05, 0) is 24.3 Å². The molecule has 2 bridgehead atoms. The first kappa shape index (κ1) is 20.4. The molecule has 0 aromatic heterocycles. The number of nitriles is 2. The van der Waals surface area contributed by atoms with E-state index in [-0.39, 0.29) is 0 Å². The largest absolute Gasteiger partial charge is 0.270 e. The van der Waals surface area contributed by atoms with Crippen LogP contribution in [0, 0.1) is 22.7 Å². The lowest BCUT2D eigenvalue weighted by Gasteiger charge is -2.24. The van der Waals surface area contributed by atoms with Gasteiger partial charge in [0.2, 0.25) is 0 Å². The first-order valence-electron chi connectivity index (χ1n) is 10.0.